The van der Waals surface area contributed by atoms with Gasteiger partial charge in [0.05, 0.1) is 24.6 Å². The number of nitrogens with zero attached hydrogens (tertiary/aromatic N) is 1. The molecule has 1 aromatic heterocycles. The predicted molar refractivity (Wildman–Crippen MR) is 68.0 cm³/mol. The molecule has 6 heteroatoms. The van der Waals surface area contributed by atoms with Gasteiger partial charge in [0.15, 0.2) is 0 Å². The van der Waals surface area contributed by atoms with Crippen molar-refractivity contribution in [3.63, 3.8) is 0 Å². The van der Waals surface area contributed by atoms with Gasteiger partial charge in [0.1, 0.15) is 5.78 Å². The third kappa shape index (κ3) is 5.09. The van der Waals surface area contributed by atoms with Crippen LogP contribution in [0.4, 0.5) is 0 Å². The smallest absolute Gasteiger partial charge is 0.237 e. The lowest BCUT2D eigenvalue weighted by Gasteiger charge is -2.19. The molecular weight excluding hydrogens is 232 g/mol. The van der Waals surface area contributed by atoms with E-state index in [4.69, 9.17) is 0 Å². The van der Waals surface area contributed by atoms with Crippen LogP contribution in [0.2, 0.25) is 0 Å². The van der Waals surface area contributed by atoms with Gasteiger partial charge in [-0.05, 0) is 6.92 Å². The fourth-order valence-electron chi connectivity index (χ4n) is 1.58. The summed E-state index contributed by atoms with van der Waals surface area (Å²) in [6.45, 7) is 5.44. The Morgan fingerprint density at radius 1 is 1.44 bits per heavy atom. The molecule has 0 aliphatic heterocycles. The topological polar surface area (TPSA) is 86.9 Å². The number of hydrogen-bond acceptors (Lipinski definition) is 4. The van der Waals surface area contributed by atoms with Crippen molar-refractivity contribution in [3.8, 4) is 0 Å². The summed E-state index contributed by atoms with van der Waals surface area (Å²) >= 11 is 0. The van der Waals surface area contributed by atoms with Gasteiger partial charge in [0.25, 0.3) is 0 Å². The normalized spacial score (nSPS) is 12.4. The number of aromatic amines is 1. The average molecular weight is 252 g/mol. The van der Waals surface area contributed by atoms with Gasteiger partial charge in [-0.25, -0.2) is 4.98 Å². The molecule has 1 amide bonds. The van der Waals surface area contributed by atoms with Crippen LogP contribution in [-0.4, -0.2) is 40.3 Å². The van der Waals surface area contributed by atoms with Crippen molar-refractivity contribution in [2.75, 3.05) is 6.54 Å². The summed E-state index contributed by atoms with van der Waals surface area (Å²) in [5, 5.41) is 5.78. The third-order valence-corrected chi connectivity index (χ3v) is 2.33. The minimum Gasteiger partial charge on any atom is -0.351 e. The molecular formula is C12H20N4O2. The molecule has 0 aliphatic rings. The maximum Gasteiger partial charge on any atom is 0.237 e. The highest BCUT2D eigenvalue weighted by Gasteiger charge is 2.20. The molecule has 18 heavy (non-hydrogen) atoms. The molecule has 0 fully saturated rings. The second-order valence-electron chi connectivity index (χ2n) is 4.56. The second-order valence-corrected chi connectivity index (χ2v) is 4.56. The fraction of sp³-hybridized carbons (Fsp3) is 0.583. The van der Waals surface area contributed by atoms with E-state index in [0.29, 0.717) is 6.42 Å². The standard InChI is InChI=1S/C12H20N4O2/c1-8(2)16-11(4-10-6-13-7-15-10)12(18)14-5-9(3)17/h6-8,11,16H,4-5H2,1-3H3,(H,13,15)(H,14,18)/t11-/m1/s1. The Kier molecular flexibility index (Phi) is 5.51. The minimum atomic E-state index is -0.382. The first-order valence-corrected chi connectivity index (χ1v) is 6.00. The first-order chi connectivity index (χ1) is 8.49. The number of aromatic nitrogens is 2. The number of imidazole rings is 1. The van der Waals surface area contributed by atoms with Crippen molar-refractivity contribution in [1.29, 1.82) is 0 Å². The van der Waals surface area contributed by atoms with Crippen molar-refractivity contribution in [2.24, 2.45) is 0 Å². The van der Waals surface area contributed by atoms with Crippen LogP contribution in [0, 0.1) is 0 Å². The van der Waals surface area contributed by atoms with Gasteiger partial charge in [-0.2, -0.15) is 0 Å². The molecule has 1 rings (SSSR count). The first kappa shape index (κ1) is 14.4. The Morgan fingerprint density at radius 3 is 2.67 bits per heavy atom. The number of carbonyl (C=O) groups excluding carboxylic acids is 2. The largest absolute Gasteiger partial charge is 0.351 e. The lowest BCUT2D eigenvalue weighted by Crippen LogP contribution is -2.49. The van der Waals surface area contributed by atoms with E-state index in [1.165, 1.54) is 6.92 Å². The lowest BCUT2D eigenvalue weighted by atomic mass is 10.1. The van der Waals surface area contributed by atoms with E-state index in [1.807, 2.05) is 13.8 Å². The number of amides is 1. The van der Waals surface area contributed by atoms with Crippen molar-refractivity contribution in [3.05, 3.63) is 18.2 Å². The number of H-pyrrole nitrogens is 1. The monoisotopic (exact) mass is 252 g/mol. The lowest BCUT2D eigenvalue weighted by molar-refractivity contribution is -0.126. The highest BCUT2D eigenvalue weighted by atomic mass is 16.2. The summed E-state index contributed by atoms with van der Waals surface area (Å²) < 4.78 is 0. The van der Waals surface area contributed by atoms with E-state index in [9.17, 15) is 9.59 Å². The van der Waals surface area contributed by atoms with E-state index in [2.05, 4.69) is 20.6 Å². The quantitative estimate of drug-likeness (QED) is 0.638. The summed E-state index contributed by atoms with van der Waals surface area (Å²) in [7, 11) is 0. The molecule has 0 aliphatic carbocycles. The molecule has 1 atom stereocenters. The Balaban J connectivity index is 2.59. The Bertz CT molecular complexity index is 387. The number of nitrogens with one attached hydrogen (secondary N) is 3. The molecule has 100 valence electrons. The molecule has 6 nitrogen and oxygen atoms in total. The van der Waals surface area contributed by atoms with Crippen LogP contribution in [0.3, 0.4) is 0 Å². The van der Waals surface area contributed by atoms with Gasteiger partial charge in [0, 0.05) is 18.7 Å². The molecule has 0 radical (unpaired) electrons. The Hall–Kier alpha value is -1.69. The van der Waals surface area contributed by atoms with Crippen LogP contribution < -0.4 is 10.6 Å². The molecule has 0 saturated carbocycles. The van der Waals surface area contributed by atoms with Crippen LogP contribution in [0.15, 0.2) is 12.5 Å². The van der Waals surface area contributed by atoms with Gasteiger partial charge in [-0.1, -0.05) is 13.8 Å². The Morgan fingerprint density at radius 2 is 2.17 bits per heavy atom. The van der Waals surface area contributed by atoms with Crippen molar-refractivity contribution >= 4 is 11.7 Å². The molecule has 0 unspecified atom stereocenters. The van der Waals surface area contributed by atoms with E-state index in [1.54, 1.807) is 12.5 Å². The number of Topliss-reactive ketones (excluding diaryl/α,β-unsaturated/α-hetero) is 1. The molecule has 0 bridgehead atoms. The van der Waals surface area contributed by atoms with Gasteiger partial charge >= 0.3 is 0 Å². The van der Waals surface area contributed by atoms with E-state index >= 15 is 0 Å². The highest BCUT2D eigenvalue weighted by Crippen LogP contribution is 2.00. The summed E-state index contributed by atoms with van der Waals surface area (Å²) in [5.41, 5.74) is 0.811. The van der Waals surface area contributed by atoms with Crippen LogP contribution in [0.5, 0.6) is 0 Å². The fourth-order valence-corrected chi connectivity index (χ4v) is 1.58. The van der Waals surface area contributed by atoms with Crippen molar-refractivity contribution < 1.29 is 9.59 Å². The van der Waals surface area contributed by atoms with Crippen LogP contribution in [0.1, 0.15) is 26.5 Å². The van der Waals surface area contributed by atoms with Crippen molar-refractivity contribution in [1.82, 2.24) is 20.6 Å². The SMILES string of the molecule is CC(=O)CNC(=O)[C@@H](Cc1c[nH]cn1)NC(C)C. The molecule has 1 heterocycles. The van der Waals surface area contributed by atoms with Crippen LogP contribution in [-0.2, 0) is 16.0 Å². The van der Waals surface area contributed by atoms with Crippen LogP contribution >= 0.6 is 0 Å². The Labute approximate surface area is 107 Å². The van der Waals surface area contributed by atoms with E-state index in [-0.39, 0.29) is 30.3 Å². The number of rotatable bonds is 7. The first-order valence-electron chi connectivity index (χ1n) is 6.00. The maximum atomic E-state index is 11.9. The summed E-state index contributed by atoms with van der Waals surface area (Å²) in [4.78, 5) is 29.8. The molecule has 0 saturated heterocycles. The van der Waals surface area contributed by atoms with E-state index in [0.717, 1.165) is 5.69 Å². The van der Waals surface area contributed by atoms with E-state index < -0.39 is 0 Å². The highest BCUT2D eigenvalue weighted by molar-refractivity contribution is 5.87. The second kappa shape index (κ2) is 6.90. The zero-order valence-corrected chi connectivity index (χ0v) is 11.0. The summed E-state index contributed by atoms with van der Waals surface area (Å²) in [5.74, 6) is -0.242. The molecule has 3 N–H and O–H groups in total. The van der Waals surface area contributed by atoms with Gasteiger partial charge in [-0.15, -0.1) is 0 Å². The zero-order chi connectivity index (χ0) is 13.5. The molecule has 0 aromatic carbocycles. The molecule has 0 spiro atoms. The number of carbonyl (C=O) groups is 2. The van der Waals surface area contributed by atoms with Crippen molar-refractivity contribution in [2.45, 2.75) is 39.3 Å². The molecule has 1 aromatic rings. The van der Waals surface area contributed by atoms with Gasteiger partial charge in [0.2, 0.25) is 5.91 Å². The predicted octanol–water partition coefficient (Wildman–Crippen LogP) is 0.0240. The summed E-state index contributed by atoms with van der Waals surface area (Å²) in [6, 6.07) is -0.204. The summed E-state index contributed by atoms with van der Waals surface area (Å²) in [6.07, 6.45) is 3.83. The number of hydrogen-bond donors (Lipinski definition) is 3. The third-order valence-electron chi connectivity index (χ3n) is 2.33. The zero-order valence-electron chi connectivity index (χ0n) is 11.0. The maximum absolute atomic E-state index is 11.9. The minimum absolute atomic E-state index is 0.0635. The number of ketones is 1. The van der Waals surface area contributed by atoms with Gasteiger partial charge < -0.3 is 15.6 Å². The van der Waals surface area contributed by atoms with Gasteiger partial charge in [-0.3, -0.25) is 9.59 Å². The average Bonchev–Trinajstić information content (AvgIpc) is 2.77. The van der Waals surface area contributed by atoms with Crippen LogP contribution in [0.25, 0.3) is 0 Å².